The molecule has 3 aromatic rings. The summed E-state index contributed by atoms with van der Waals surface area (Å²) in [6.07, 6.45) is 8.89. The number of hydrogen-bond donors (Lipinski definition) is 2. The summed E-state index contributed by atoms with van der Waals surface area (Å²) < 4.78 is 23.2. The van der Waals surface area contributed by atoms with Gasteiger partial charge in [0.15, 0.2) is 0 Å². The number of unbranched alkanes of at least 4 members (excludes halogenated alkanes) is 2. The Morgan fingerprint density at radius 1 is 0.623 bits per heavy atom. The van der Waals surface area contributed by atoms with Crippen molar-refractivity contribution < 1.29 is 38.7 Å². The van der Waals surface area contributed by atoms with Crippen LogP contribution in [0.15, 0.2) is 85.0 Å². The van der Waals surface area contributed by atoms with E-state index in [0.717, 1.165) is 47.9 Å². The van der Waals surface area contributed by atoms with Crippen molar-refractivity contribution in [2.75, 3.05) is 39.6 Å². The molecule has 53 heavy (non-hydrogen) atoms. The van der Waals surface area contributed by atoms with Gasteiger partial charge in [-0.15, -0.1) is 0 Å². The number of carbonyl (C=O) groups excluding carboxylic acids is 2. The summed E-state index contributed by atoms with van der Waals surface area (Å²) in [6, 6.07) is 21.0. The largest absolute Gasteiger partial charge is 0.493 e. The Labute approximate surface area is 316 Å². The molecule has 0 aromatic heterocycles. The summed E-state index contributed by atoms with van der Waals surface area (Å²) in [5.41, 5.74) is 6.37. The molecule has 0 heterocycles. The summed E-state index contributed by atoms with van der Waals surface area (Å²) in [5.74, 6) is 0.365. The van der Waals surface area contributed by atoms with E-state index in [1.807, 2.05) is 37.3 Å². The summed E-state index contributed by atoms with van der Waals surface area (Å²) in [6.45, 7) is 15.2. The van der Waals surface area contributed by atoms with Crippen LogP contribution in [-0.2, 0) is 44.7 Å². The van der Waals surface area contributed by atoms with Crippen molar-refractivity contribution in [1.82, 2.24) is 0 Å². The molecule has 0 amide bonds. The normalized spacial score (nSPS) is 11.2. The molecule has 0 bridgehead atoms. The zero-order valence-corrected chi connectivity index (χ0v) is 32.3. The fourth-order valence-electron chi connectivity index (χ4n) is 6.09. The minimum Gasteiger partial charge on any atom is -0.493 e. The monoisotopic (exact) mass is 728 g/mol. The molecule has 3 aromatic carbocycles. The summed E-state index contributed by atoms with van der Waals surface area (Å²) in [4.78, 5) is 24.1. The fourth-order valence-corrected chi connectivity index (χ4v) is 6.09. The van der Waals surface area contributed by atoms with Gasteiger partial charge in [-0.05, 0) is 98.4 Å². The molecule has 0 aliphatic rings. The lowest BCUT2D eigenvalue weighted by atomic mass is 9.82. The van der Waals surface area contributed by atoms with Crippen molar-refractivity contribution in [3.63, 3.8) is 0 Å². The number of ether oxygens (including phenoxy) is 4. The second-order valence-electron chi connectivity index (χ2n) is 14.0. The van der Waals surface area contributed by atoms with Crippen LogP contribution in [0.5, 0.6) is 11.5 Å². The first-order valence-electron chi connectivity index (χ1n) is 19.0. The Morgan fingerprint density at radius 2 is 1.23 bits per heavy atom. The van der Waals surface area contributed by atoms with E-state index in [1.165, 1.54) is 30.4 Å². The van der Waals surface area contributed by atoms with Gasteiger partial charge in [-0.2, -0.15) is 0 Å². The Balaban J connectivity index is 1.88. The van der Waals surface area contributed by atoms with E-state index >= 15 is 0 Å². The minimum absolute atomic E-state index is 0.0767. The second kappa shape index (κ2) is 22.6. The highest BCUT2D eigenvalue weighted by Crippen LogP contribution is 2.35. The zero-order chi connectivity index (χ0) is 38.6. The van der Waals surface area contributed by atoms with E-state index in [9.17, 15) is 19.8 Å². The van der Waals surface area contributed by atoms with Crippen LogP contribution in [0.3, 0.4) is 0 Å². The average Bonchev–Trinajstić information content (AvgIpc) is 3.16. The van der Waals surface area contributed by atoms with E-state index in [4.69, 9.17) is 18.9 Å². The van der Waals surface area contributed by atoms with Crippen LogP contribution >= 0.6 is 0 Å². The molecule has 8 nitrogen and oxygen atoms in total. The Morgan fingerprint density at radius 3 is 1.85 bits per heavy atom. The molecule has 0 fully saturated rings. The first-order valence-corrected chi connectivity index (χ1v) is 19.0. The lowest BCUT2D eigenvalue weighted by Crippen LogP contribution is -2.31. The van der Waals surface area contributed by atoms with Crippen LogP contribution in [0.4, 0.5) is 0 Å². The molecule has 288 valence electrons. The van der Waals surface area contributed by atoms with Gasteiger partial charge in [0.25, 0.3) is 0 Å². The molecule has 0 unspecified atom stereocenters. The second-order valence-corrected chi connectivity index (χ2v) is 14.0. The van der Waals surface area contributed by atoms with Crippen LogP contribution in [0.25, 0.3) is 11.1 Å². The third-order valence-electron chi connectivity index (χ3n) is 9.43. The smallest absolute Gasteiger partial charge is 0.333 e. The molecule has 0 saturated heterocycles. The predicted octanol–water partition coefficient (Wildman–Crippen LogP) is 8.57. The minimum atomic E-state index is -0.615. The molecule has 0 spiro atoms. The van der Waals surface area contributed by atoms with Crippen molar-refractivity contribution in [3.8, 4) is 22.6 Å². The highest BCUT2D eigenvalue weighted by atomic mass is 16.6. The number of benzene rings is 3. The van der Waals surface area contributed by atoms with Gasteiger partial charge in [0, 0.05) is 28.5 Å². The third kappa shape index (κ3) is 14.2. The maximum Gasteiger partial charge on any atom is 0.333 e. The van der Waals surface area contributed by atoms with Crippen molar-refractivity contribution in [2.45, 2.75) is 91.9 Å². The van der Waals surface area contributed by atoms with Gasteiger partial charge in [-0.25, -0.2) is 9.59 Å². The van der Waals surface area contributed by atoms with Crippen LogP contribution < -0.4 is 9.47 Å². The van der Waals surface area contributed by atoms with Crippen LogP contribution in [0.2, 0.25) is 0 Å². The number of aryl methyl sites for hydroxylation is 3. The number of rotatable bonds is 25. The number of aliphatic hydroxyl groups is 2. The van der Waals surface area contributed by atoms with Crippen LogP contribution in [-0.4, -0.2) is 61.8 Å². The van der Waals surface area contributed by atoms with E-state index < -0.39 is 17.4 Å². The lowest BCUT2D eigenvalue weighted by molar-refractivity contribution is -0.140. The van der Waals surface area contributed by atoms with Gasteiger partial charge in [0.2, 0.25) is 0 Å². The Bertz CT molecular complexity index is 1620. The third-order valence-corrected chi connectivity index (χ3v) is 9.43. The molecular weight excluding hydrogens is 668 g/mol. The first kappa shape index (κ1) is 43.0. The Kier molecular flexibility index (Phi) is 18.4. The van der Waals surface area contributed by atoms with Gasteiger partial charge in [0.05, 0.1) is 26.4 Å². The van der Waals surface area contributed by atoms with E-state index in [-0.39, 0.29) is 33.0 Å². The molecule has 2 N–H and O–H groups in total. The molecule has 0 radical (unpaired) electrons. The molecule has 3 rings (SSSR count). The predicted molar refractivity (Wildman–Crippen MR) is 211 cm³/mol. The van der Waals surface area contributed by atoms with Crippen molar-refractivity contribution >= 4 is 11.9 Å². The summed E-state index contributed by atoms with van der Waals surface area (Å²) >= 11 is 0. The van der Waals surface area contributed by atoms with Gasteiger partial charge in [-0.3, -0.25) is 0 Å². The molecule has 0 aliphatic heterocycles. The topological polar surface area (TPSA) is 112 Å². The Hall–Kier alpha value is -4.40. The number of esters is 2. The zero-order valence-electron chi connectivity index (χ0n) is 32.3. The highest BCUT2D eigenvalue weighted by Gasteiger charge is 2.28. The SMILES string of the molecule is C=C(C)C(=O)OCCOc1cc(CCc2ccc(CCCCC)cc2)ccc1-c1ccc(OCCC(CO)(CO)CCC)c(CCOC(=O)C(=C)C)c1. The number of hydrogen-bond acceptors (Lipinski definition) is 8. The molecular formula is C45H60O8. The highest BCUT2D eigenvalue weighted by molar-refractivity contribution is 5.87. The van der Waals surface area contributed by atoms with Crippen molar-refractivity contribution in [2.24, 2.45) is 5.41 Å². The maximum atomic E-state index is 12.2. The number of carbonyl (C=O) groups is 2. The standard InChI is InChI=1S/C45H60O8/c1-7-9-10-11-35-12-14-36(15-13-35)16-17-37-18-20-40(42(29-37)51-27-28-53-44(49)34(5)6)38-19-21-41(39(30-38)22-25-52-43(48)33(3)4)50-26-24-45(31-46,32-47)23-8-2/h12-15,18-21,29-30,46-47H,3,5,7-11,16-17,22-28,31-32H2,1-2,4,6H3. The summed E-state index contributed by atoms with van der Waals surface area (Å²) in [7, 11) is 0. The molecule has 8 heteroatoms. The van der Waals surface area contributed by atoms with Crippen LogP contribution in [0, 0.1) is 5.41 Å². The van der Waals surface area contributed by atoms with E-state index in [0.29, 0.717) is 48.5 Å². The maximum absolute atomic E-state index is 12.2. The van der Waals surface area contributed by atoms with Crippen molar-refractivity contribution in [3.05, 3.63) is 107 Å². The molecule has 0 atom stereocenters. The van der Waals surface area contributed by atoms with Gasteiger partial charge >= 0.3 is 11.9 Å². The lowest BCUT2D eigenvalue weighted by Gasteiger charge is -2.29. The molecule has 0 saturated carbocycles. The van der Waals surface area contributed by atoms with E-state index in [1.54, 1.807) is 13.8 Å². The fraction of sp³-hybridized carbons (Fsp3) is 0.467. The van der Waals surface area contributed by atoms with Crippen molar-refractivity contribution in [1.29, 1.82) is 0 Å². The average molecular weight is 729 g/mol. The number of aliphatic hydroxyl groups excluding tert-OH is 2. The quantitative estimate of drug-likeness (QED) is 0.0507. The first-order chi connectivity index (χ1) is 25.5. The molecule has 0 aliphatic carbocycles. The van der Waals surface area contributed by atoms with E-state index in [2.05, 4.69) is 50.4 Å². The van der Waals surface area contributed by atoms with Gasteiger partial charge in [0.1, 0.15) is 24.7 Å². The van der Waals surface area contributed by atoms with Gasteiger partial charge < -0.3 is 29.2 Å². The van der Waals surface area contributed by atoms with Crippen LogP contribution in [0.1, 0.15) is 88.5 Å². The van der Waals surface area contributed by atoms with Gasteiger partial charge in [-0.1, -0.05) is 88.7 Å². The summed E-state index contributed by atoms with van der Waals surface area (Å²) in [5, 5.41) is 20.1.